The molecule has 1 aromatic carbocycles. The number of fused-ring (bicyclic) bond motifs is 1. The zero-order valence-electron chi connectivity index (χ0n) is 10.7. The minimum absolute atomic E-state index is 0.00232. The molecule has 5 heteroatoms. The summed E-state index contributed by atoms with van der Waals surface area (Å²) >= 11 is 0. The van der Waals surface area contributed by atoms with Gasteiger partial charge >= 0.3 is 0 Å². The van der Waals surface area contributed by atoms with Gasteiger partial charge in [0.05, 0.1) is 5.69 Å². The van der Waals surface area contributed by atoms with Crippen LogP contribution < -0.4 is 15.4 Å². The summed E-state index contributed by atoms with van der Waals surface area (Å²) in [6.07, 6.45) is 1.19. The monoisotopic (exact) mass is 260 g/mol. The first kappa shape index (κ1) is 12.0. The second-order valence-corrected chi connectivity index (χ2v) is 5.23. The fraction of sp³-hybridized carbons (Fsp3) is 0.429. The molecular formula is C14H16N2O3. The molecule has 5 nitrogen and oxygen atoms in total. The first-order valence-corrected chi connectivity index (χ1v) is 6.48. The molecule has 1 aromatic rings. The van der Waals surface area contributed by atoms with Crippen molar-refractivity contribution in [3.05, 3.63) is 23.8 Å². The molecule has 0 unspecified atom stereocenters. The van der Waals surface area contributed by atoms with E-state index in [-0.39, 0.29) is 18.4 Å². The van der Waals surface area contributed by atoms with Crippen LogP contribution >= 0.6 is 0 Å². The molecule has 1 fully saturated rings. The summed E-state index contributed by atoms with van der Waals surface area (Å²) in [5.41, 5.74) is 1.17. The Kier molecular flexibility index (Phi) is 2.89. The molecule has 2 atom stereocenters. The van der Waals surface area contributed by atoms with Crippen molar-refractivity contribution in [3.63, 3.8) is 0 Å². The van der Waals surface area contributed by atoms with Gasteiger partial charge in [0.1, 0.15) is 5.75 Å². The summed E-state index contributed by atoms with van der Waals surface area (Å²) in [7, 11) is 0. The smallest absolute Gasteiger partial charge is 0.262 e. The van der Waals surface area contributed by atoms with E-state index < -0.39 is 0 Å². The Bertz CT molecular complexity index is 541. The minimum Gasteiger partial charge on any atom is -0.482 e. The number of carbonyl (C=O) groups excluding carboxylic acids is 2. The summed E-state index contributed by atoms with van der Waals surface area (Å²) in [6.45, 7) is 2.92. The fourth-order valence-corrected chi connectivity index (χ4v) is 2.23. The third-order valence-corrected chi connectivity index (χ3v) is 3.68. The molecule has 2 amide bonds. The Balaban J connectivity index is 1.67. The predicted octanol–water partition coefficient (Wildman–Crippen LogP) is 1.40. The molecule has 0 saturated heterocycles. The maximum atomic E-state index is 12.0. The van der Waals surface area contributed by atoms with Gasteiger partial charge in [0.25, 0.3) is 11.8 Å². The van der Waals surface area contributed by atoms with Crippen LogP contribution in [0.5, 0.6) is 5.75 Å². The molecule has 100 valence electrons. The van der Waals surface area contributed by atoms with E-state index in [0.29, 0.717) is 22.9 Å². The van der Waals surface area contributed by atoms with Gasteiger partial charge in [0.2, 0.25) is 0 Å². The number of carbonyl (C=O) groups is 2. The first-order chi connectivity index (χ1) is 9.13. The average Bonchev–Trinajstić information content (AvgIpc) is 3.11. The van der Waals surface area contributed by atoms with Crippen molar-refractivity contribution in [2.24, 2.45) is 11.8 Å². The highest BCUT2D eigenvalue weighted by Crippen LogP contribution is 2.36. The van der Waals surface area contributed by atoms with E-state index in [1.54, 1.807) is 18.2 Å². The van der Waals surface area contributed by atoms with Gasteiger partial charge in [0.15, 0.2) is 6.61 Å². The van der Waals surface area contributed by atoms with Crippen LogP contribution in [0.1, 0.15) is 23.7 Å². The number of amides is 2. The molecule has 1 heterocycles. The fourth-order valence-electron chi connectivity index (χ4n) is 2.23. The van der Waals surface area contributed by atoms with Crippen LogP contribution in [0.2, 0.25) is 0 Å². The van der Waals surface area contributed by atoms with Gasteiger partial charge in [-0.3, -0.25) is 9.59 Å². The standard InChI is InChI=1S/C14H16N2O3/c1-8-4-10(8)6-15-14(18)9-2-3-11-12(5-9)19-7-13(17)16-11/h2-3,5,8,10H,4,6-7H2,1H3,(H,15,18)(H,16,17)/t8-,10+/m0/s1. The largest absolute Gasteiger partial charge is 0.482 e. The van der Waals surface area contributed by atoms with Crippen LogP contribution in [0.3, 0.4) is 0 Å². The second kappa shape index (κ2) is 4.57. The van der Waals surface area contributed by atoms with E-state index in [9.17, 15) is 9.59 Å². The van der Waals surface area contributed by atoms with E-state index in [0.717, 1.165) is 12.5 Å². The number of anilines is 1. The van der Waals surface area contributed by atoms with E-state index in [1.165, 1.54) is 6.42 Å². The Morgan fingerprint density at radius 3 is 3.05 bits per heavy atom. The van der Waals surface area contributed by atoms with Crippen molar-refractivity contribution in [1.82, 2.24) is 5.32 Å². The SMILES string of the molecule is C[C@H]1C[C@@H]1CNC(=O)c1ccc2c(c1)OCC(=O)N2. The third kappa shape index (κ3) is 2.54. The maximum Gasteiger partial charge on any atom is 0.262 e. The van der Waals surface area contributed by atoms with Gasteiger partial charge in [-0.2, -0.15) is 0 Å². The lowest BCUT2D eigenvalue weighted by molar-refractivity contribution is -0.118. The number of nitrogens with one attached hydrogen (secondary N) is 2. The van der Waals surface area contributed by atoms with Gasteiger partial charge in [-0.05, 0) is 36.5 Å². The highest BCUT2D eigenvalue weighted by atomic mass is 16.5. The summed E-state index contributed by atoms with van der Waals surface area (Å²) in [6, 6.07) is 5.06. The number of ether oxygens (including phenoxy) is 1. The quantitative estimate of drug-likeness (QED) is 0.863. The second-order valence-electron chi connectivity index (χ2n) is 5.23. The first-order valence-electron chi connectivity index (χ1n) is 6.48. The van der Waals surface area contributed by atoms with E-state index >= 15 is 0 Å². The molecule has 0 spiro atoms. The van der Waals surface area contributed by atoms with E-state index in [4.69, 9.17) is 4.74 Å². The minimum atomic E-state index is -0.174. The van der Waals surface area contributed by atoms with Gasteiger partial charge in [-0.25, -0.2) is 0 Å². The Morgan fingerprint density at radius 1 is 1.53 bits per heavy atom. The van der Waals surface area contributed by atoms with Crippen LogP contribution in [0.15, 0.2) is 18.2 Å². The molecule has 0 aromatic heterocycles. The van der Waals surface area contributed by atoms with Crippen LogP contribution in [0, 0.1) is 11.8 Å². The molecule has 3 rings (SSSR count). The van der Waals surface area contributed by atoms with Gasteiger partial charge in [-0.15, -0.1) is 0 Å². The van der Waals surface area contributed by atoms with Crippen molar-refractivity contribution < 1.29 is 14.3 Å². The van der Waals surface area contributed by atoms with E-state index in [2.05, 4.69) is 17.6 Å². The molecule has 1 aliphatic carbocycles. The highest BCUT2D eigenvalue weighted by Gasteiger charge is 2.32. The molecule has 0 bridgehead atoms. The molecule has 19 heavy (non-hydrogen) atoms. The summed E-state index contributed by atoms with van der Waals surface area (Å²) < 4.78 is 5.29. The average molecular weight is 260 g/mol. The number of rotatable bonds is 3. The van der Waals surface area contributed by atoms with Gasteiger partial charge in [-0.1, -0.05) is 6.92 Å². The summed E-state index contributed by atoms with van der Waals surface area (Å²) in [4.78, 5) is 23.1. The maximum absolute atomic E-state index is 12.0. The van der Waals surface area contributed by atoms with Gasteiger partial charge in [0, 0.05) is 12.1 Å². The molecule has 0 radical (unpaired) electrons. The van der Waals surface area contributed by atoms with Crippen LogP contribution in [0.4, 0.5) is 5.69 Å². The van der Waals surface area contributed by atoms with Crippen molar-refractivity contribution in [3.8, 4) is 5.75 Å². The third-order valence-electron chi connectivity index (χ3n) is 3.68. The number of hydrogen-bond acceptors (Lipinski definition) is 3. The Labute approximate surface area is 111 Å². The molecule has 2 N–H and O–H groups in total. The van der Waals surface area contributed by atoms with Crippen LogP contribution in [0.25, 0.3) is 0 Å². The van der Waals surface area contributed by atoms with Crippen molar-refractivity contribution in [2.45, 2.75) is 13.3 Å². The lowest BCUT2D eigenvalue weighted by atomic mass is 10.1. The van der Waals surface area contributed by atoms with Gasteiger partial charge < -0.3 is 15.4 Å². The zero-order valence-corrected chi connectivity index (χ0v) is 10.7. The van der Waals surface area contributed by atoms with Crippen LogP contribution in [-0.4, -0.2) is 25.0 Å². The highest BCUT2D eigenvalue weighted by molar-refractivity contribution is 5.98. The Morgan fingerprint density at radius 2 is 2.32 bits per heavy atom. The van der Waals surface area contributed by atoms with Crippen molar-refractivity contribution >= 4 is 17.5 Å². The number of benzene rings is 1. The molecule has 1 aliphatic heterocycles. The Hall–Kier alpha value is -2.04. The molecule has 2 aliphatic rings. The van der Waals surface area contributed by atoms with E-state index in [1.807, 2.05) is 0 Å². The molecule has 1 saturated carbocycles. The van der Waals surface area contributed by atoms with Crippen molar-refractivity contribution in [1.29, 1.82) is 0 Å². The number of hydrogen-bond donors (Lipinski definition) is 2. The summed E-state index contributed by atoms with van der Waals surface area (Å²) in [5.74, 6) is 1.63. The zero-order chi connectivity index (χ0) is 13.4. The van der Waals surface area contributed by atoms with Crippen LogP contribution in [-0.2, 0) is 4.79 Å². The lowest BCUT2D eigenvalue weighted by Crippen LogP contribution is -2.27. The van der Waals surface area contributed by atoms with Crippen molar-refractivity contribution in [2.75, 3.05) is 18.5 Å². The normalized spacial score (nSPS) is 23.9. The molecular weight excluding hydrogens is 244 g/mol. The summed E-state index contributed by atoms with van der Waals surface area (Å²) in [5, 5.41) is 5.62. The predicted molar refractivity (Wildman–Crippen MR) is 70.2 cm³/mol. The topological polar surface area (TPSA) is 67.4 Å². The lowest BCUT2D eigenvalue weighted by Gasteiger charge is -2.18.